The van der Waals surface area contributed by atoms with E-state index in [4.69, 9.17) is 21.5 Å². The molecule has 0 bridgehead atoms. The van der Waals surface area contributed by atoms with E-state index in [0.717, 1.165) is 66.4 Å². The Kier molecular flexibility index (Phi) is 11.2. The minimum atomic E-state index is -2.86. The van der Waals surface area contributed by atoms with E-state index in [9.17, 15) is 5.26 Å². The van der Waals surface area contributed by atoms with Crippen LogP contribution in [0.3, 0.4) is 0 Å². The van der Waals surface area contributed by atoms with Gasteiger partial charge in [-0.15, -0.1) is 0 Å². The molecular formula is C65H42N6Si. The zero-order valence-corrected chi connectivity index (χ0v) is 39.9. The fourth-order valence-electron chi connectivity index (χ4n) is 10.4. The van der Waals surface area contributed by atoms with Gasteiger partial charge in [-0.05, 0) is 85.5 Å². The van der Waals surface area contributed by atoms with Gasteiger partial charge in [-0.2, -0.15) is 5.26 Å². The molecule has 10 aromatic carbocycles. The molecule has 0 aliphatic carbocycles. The maximum absolute atomic E-state index is 9.63. The zero-order chi connectivity index (χ0) is 48.4. The first kappa shape index (κ1) is 43.5. The van der Waals surface area contributed by atoms with Crippen LogP contribution >= 0.6 is 0 Å². The Bertz CT molecular complexity index is 3900. The second-order valence-corrected chi connectivity index (χ2v) is 21.5. The van der Waals surface area contributed by atoms with Crippen molar-refractivity contribution in [3.63, 3.8) is 0 Å². The summed E-state index contributed by atoms with van der Waals surface area (Å²) in [5.74, 6) is 1.69. The highest BCUT2D eigenvalue weighted by molar-refractivity contribution is 7.19. The second kappa shape index (κ2) is 18.6. The highest BCUT2D eigenvalue weighted by Crippen LogP contribution is 2.41. The normalized spacial score (nSPS) is 11.3. The molecule has 0 saturated heterocycles. The molecule has 0 amide bonds. The third-order valence-corrected chi connectivity index (χ3v) is 18.4. The molecule has 2 aromatic heterocycles. The van der Waals surface area contributed by atoms with Crippen LogP contribution in [-0.2, 0) is 0 Å². The van der Waals surface area contributed by atoms with Crippen molar-refractivity contribution in [2.24, 2.45) is 0 Å². The monoisotopic (exact) mass is 934 g/mol. The van der Waals surface area contributed by atoms with Crippen LogP contribution in [0, 0.1) is 17.9 Å². The summed E-state index contributed by atoms with van der Waals surface area (Å²) >= 11 is 0. The molecule has 0 radical (unpaired) electrons. The molecule has 0 unspecified atom stereocenters. The Labute approximate surface area is 418 Å². The number of aromatic nitrogens is 4. The third-order valence-electron chi connectivity index (χ3n) is 13.7. The maximum Gasteiger partial charge on any atom is 0.196 e. The van der Waals surface area contributed by atoms with E-state index in [1.165, 1.54) is 20.7 Å². The molecule has 336 valence electrons. The first-order valence-corrected chi connectivity index (χ1v) is 25.8. The molecule has 72 heavy (non-hydrogen) atoms. The summed E-state index contributed by atoms with van der Waals surface area (Å²) < 4.78 is 2.31. The van der Waals surface area contributed by atoms with Gasteiger partial charge < -0.3 is 4.57 Å². The van der Waals surface area contributed by atoms with Crippen LogP contribution in [0.15, 0.2) is 255 Å². The number of nitriles is 1. The molecule has 0 aliphatic heterocycles. The van der Waals surface area contributed by atoms with E-state index in [1.807, 2.05) is 66.7 Å². The first-order valence-electron chi connectivity index (χ1n) is 23.8. The number of para-hydroxylation sites is 1. The molecule has 12 aromatic rings. The van der Waals surface area contributed by atoms with Gasteiger partial charge in [0, 0.05) is 33.0 Å². The Morgan fingerprint density at radius 3 is 1.49 bits per heavy atom. The molecule has 7 heteroatoms. The Morgan fingerprint density at radius 2 is 0.889 bits per heavy atom. The van der Waals surface area contributed by atoms with Gasteiger partial charge in [0.15, 0.2) is 31.2 Å². The average Bonchev–Trinajstić information content (AvgIpc) is 3.80. The highest BCUT2D eigenvalue weighted by atomic mass is 28.3. The fourth-order valence-corrected chi connectivity index (χ4v) is 15.1. The van der Waals surface area contributed by atoms with Gasteiger partial charge in [-0.25, -0.2) is 19.8 Å². The predicted molar refractivity (Wildman–Crippen MR) is 296 cm³/mol. The maximum atomic E-state index is 9.63. The van der Waals surface area contributed by atoms with Gasteiger partial charge in [-0.3, -0.25) is 0 Å². The van der Waals surface area contributed by atoms with Crippen LogP contribution in [0.1, 0.15) is 5.56 Å². The topological polar surface area (TPSA) is 71.8 Å². The summed E-state index contributed by atoms with van der Waals surface area (Å²) in [7, 11) is -2.86. The van der Waals surface area contributed by atoms with Crippen molar-refractivity contribution in [3.05, 3.63) is 272 Å². The van der Waals surface area contributed by atoms with E-state index in [2.05, 4.69) is 191 Å². The van der Waals surface area contributed by atoms with Crippen molar-refractivity contribution in [1.29, 1.82) is 5.26 Å². The van der Waals surface area contributed by atoms with Gasteiger partial charge in [-0.1, -0.05) is 212 Å². The summed E-state index contributed by atoms with van der Waals surface area (Å²) in [6.07, 6.45) is 0. The van der Waals surface area contributed by atoms with Crippen LogP contribution in [-0.4, -0.2) is 27.6 Å². The zero-order valence-electron chi connectivity index (χ0n) is 38.9. The van der Waals surface area contributed by atoms with E-state index in [-0.39, 0.29) is 0 Å². The molecule has 0 saturated carbocycles. The van der Waals surface area contributed by atoms with Crippen LogP contribution in [0.4, 0.5) is 5.69 Å². The minimum Gasteiger partial charge on any atom is -0.309 e. The van der Waals surface area contributed by atoms with Crippen LogP contribution in [0.25, 0.3) is 88.8 Å². The molecule has 0 spiro atoms. The summed E-state index contributed by atoms with van der Waals surface area (Å²) in [5.41, 5.74) is 10.2. The largest absolute Gasteiger partial charge is 0.309 e. The predicted octanol–water partition coefficient (Wildman–Crippen LogP) is 13.1. The number of benzene rings is 10. The smallest absolute Gasteiger partial charge is 0.196 e. The number of rotatable bonds is 10. The van der Waals surface area contributed by atoms with E-state index >= 15 is 0 Å². The van der Waals surface area contributed by atoms with E-state index < -0.39 is 8.07 Å². The van der Waals surface area contributed by atoms with Crippen molar-refractivity contribution in [3.8, 4) is 68.2 Å². The van der Waals surface area contributed by atoms with Crippen molar-refractivity contribution >= 4 is 56.3 Å². The van der Waals surface area contributed by atoms with Crippen LogP contribution in [0.5, 0.6) is 0 Å². The summed E-state index contributed by atoms with van der Waals surface area (Å²) in [5, 5.41) is 16.9. The summed E-state index contributed by atoms with van der Waals surface area (Å²) in [6.45, 7) is 8.00. The highest BCUT2D eigenvalue weighted by Gasteiger charge is 2.41. The van der Waals surface area contributed by atoms with Crippen LogP contribution in [0.2, 0.25) is 0 Å². The minimum absolute atomic E-state index is 0.438. The lowest BCUT2D eigenvalue weighted by Crippen LogP contribution is -2.74. The molecule has 0 N–H and O–H groups in total. The Hall–Kier alpha value is -9.79. The molecule has 0 atom stereocenters. The van der Waals surface area contributed by atoms with Gasteiger partial charge in [0.05, 0.1) is 29.4 Å². The van der Waals surface area contributed by atoms with Crippen molar-refractivity contribution in [2.45, 2.75) is 0 Å². The van der Waals surface area contributed by atoms with E-state index in [1.54, 1.807) is 12.1 Å². The lowest BCUT2D eigenvalue weighted by Gasteiger charge is -2.34. The summed E-state index contributed by atoms with van der Waals surface area (Å²) in [4.78, 5) is 19.6. The van der Waals surface area contributed by atoms with Crippen molar-refractivity contribution < 1.29 is 0 Å². The average molecular weight is 935 g/mol. The lowest BCUT2D eigenvalue weighted by molar-refractivity contribution is 1.06. The third kappa shape index (κ3) is 7.64. The number of nitrogens with zero attached hydrogens (tertiary/aromatic N) is 6. The lowest BCUT2D eigenvalue weighted by atomic mass is 9.99. The number of hydrogen-bond donors (Lipinski definition) is 0. The summed E-state index contributed by atoms with van der Waals surface area (Å²) in [6, 6.07) is 91.3. The number of hydrogen-bond acceptors (Lipinski definition) is 4. The molecule has 0 fully saturated rings. The van der Waals surface area contributed by atoms with Crippen molar-refractivity contribution in [2.75, 3.05) is 0 Å². The molecule has 12 rings (SSSR count). The second-order valence-electron chi connectivity index (χ2n) is 17.7. The Balaban J connectivity index is 1.12. The van der Waals surface area contributed by atoms with Gasteiger partial charge >= 0.3 is 0 Å². The van der Waals surface area contributed by atoms with Gasteiger partial charge in [0.1, 0.15) is 0 Å². The van der Waals surface area contributed by atoms with Gasteiger partial charge in [0.2, 0.25) is 0 Å². The van der Waals surface area contributed by atoms with Crippen molar-refractivity contribution in [1.82, 2.24) is 19.5 Å². The standard InChI is InChI=1S/C65H42N6Si/c1-67-59-40-45(44-66)34-37-55(59)50-36-39-61-57(43-50)56-32-17-18-33-60(56)71(61)62-38-35-49(42-58(62)65-69-63(46-20-7-2-8-21-46)68-64(70-65)47-22-9-3-10-23-47)48-24-19-31-54(41-48)72(51-25-11-4-12-26-51,52-27-13-5-14-28-52)53-29-15-6-16-30-53/h2-43H. The first-order chi connectivity index (χ1) is 35.6. The molecule has 6 nitrogen and oxygen atoms in total. The quantitative estimate of drug-likeness (QED) is 0.0778. The molecule has 0 aliphatic rings. The molecule has 2 heterocycles. The fraction of sp³-hybridized carbons (Fsp3) is 0. The Morgan fingerprint density at radius 1 is 0.389 bits per heavy atom. The molecular weight excluding hydrogens is 893 g/mol. The van der Waals surface area contributed by atoms with E-state index in [0.29, 0.717) is 28.7 Å². The SMILES string of the molecule is [C-]#[N+]c1cc(C#N)ccc1-c1ccc2c(c1)c1ccccc1n2-c1ccc(-c2cccc([Si](c3ccccc3)(c3ccccc3)c3ccccc3)c2)cc1-c1nc(-c2ccccc2)nc(-c2ccccc2)n1. The van der Waals surface area contributed by atoms with Crippen LogP contribution < -0.4 is 20.7 Å². The van der Waals surface area contributed by atoms with Gasteiger partial charge in [0.25, 0.3) is 0 Å². The number of fused-ring (bicyclic) bond motifs is 3.